The number of likely N-dealkylation sites (tertiary alicyclic amines) is 1. The third-order valence-corrected chi connectivity index (χ3v) is 5.40. The van der Waals surface area contributed by atoms with Crippen LogP contribution in [-0.2, 0) is 11.3 Å². The first kappa shape index (κ1) is 16.7. The number of benzene rings is 2. The van der Waals surface area contributed by atoms with E-state index >= 15 is 0 Å². The number of amides is 1. The van der Waals surface area contributed by atoms with Gasteiger partial charge in [-0.05, 0) is 36.0 Å². The van der Waals surface area contributed by atoms with Gasteiger partial charge in [0.1, 0.15) is 0 Å². The van der Waals surface area contributed by atoms with Gasteiger partial charge in [0.15, 0.2) is 0 Å². The molecule has 1 saturated heterocycles. The van der Waals surface area contributed by atoms with Gasteiger partial charge in [-0.25, -0.2) is 0 Å². The Balaban J connectivity index is 1.79. The number of rotatable bonds is 5. The molecule has 0 bridgehead atoms. The summed E-state index contributed by atoms with van der Waals surface area (Å²) in [5.74, 6) is 0.514. The van der Waals surface area contributed by atoms with Gasteiger partial charge in [0, 0.05) is 19.0 Å². The zero-order valence-corrected chi connectivity index (χ0v) is 14.5. The molecule has 0 saturated carbocycles. The maximum absolute atomic E-state index is 13.0. The zero-order chi connectivity index (χ0) is 17.1. The second-order valence-electron chi connectivity index (χ2n) is 6.71. The summed E-state index contributed by atoms with van der Waals surface area (Å²) in [6, 6.07) is 18.6. The highest BCUT2D eigenvalue weighted by atomic mass is 16.2. The molecule has 3 atom stereocenters. The third kappa shape index (κ3) is 3.09. The fourth-order valence-corrected chi connectivity index (χ4v) is 3.87. The number of carbonyl (C=O) groups excluding carboxylic acids is 1. The van der Waals surface area contributed by atoms with Crippen LogP contribution < -0.4 is 5.73 Å². The minimum Gasteiger partial charge on any atom is -0.336 e. The van der Waals surface area contributed by atoms with E-state index in [0.717, 1.165) is 18.5 Å². The van der Waals surface area contributed by atoms with Gasteiger partial charge in [-0.15, -0.1) is 0 Å². The van der Waals surface area contributed by atoms with Crippen LogP contribution in [-0.4, -0.2) is 17.4 Å². The molecule has 1 aliphatic rings. The van der Waals surface area contributed by atoms with Crippen molar-refractivity contribution in [1.29, 1.82) is 0 Å². The first-order chi connectivity index (χ1) is 11.6. The monoisotopic (exact) mass is 322 g/mol. The topological polar surface area (TPSA) is 46.3 Å². The average molecular weight is 322 g/mol. The SMILES string of the molecule is CC(c1ccccc1CN)C1CCN(C(C)c2ccccc2)C1=O. The van der Waals surface area contributed by atoms with E-state index in [1.54, 1.807) is 0 Å². The lowest BCUT2D eigenvalue weighted by atomic mass is 9.84. The van der Waals surface area contributed by atoms with Gasteiger partial charge >= 0.3 is 0 Å². The summed E-state index contributed by atoms with van der Waals surface area (Å²) in [5.41, 5.74) is 9.43. The highest BCUT2D eigenvalue weighted by molar-refractivity contribution is 5.82. The van der Waals surface area contributed by atoms with E-state index in [2.05, 4.69) is 38.1 Å². The minimum absolute atomic E-state index is 0.0452. The van der Waals surface area contributed by atoms with Gasteiger partial charge < -0.3 is 10.6 Å². The Morgan fingerprint density at radius 1 is 1.08 bits per heavy atom. The second-order valence-corrected chi connectivity index (χ2v) is 6.71. The second kappa shape index (κ2) is 7.18. The number of carbonyl (C=O) groups is 1. The number of nitrogens with two attached hydrogens (primary N) is 1. The predicted molar refractivity (Wildman–Crippen MR) is 97.4 cm³/mol. The number of hydrogen-bond donors (Lipinski definition) is 1. The molecule has 2 aromatic rings. The third-order valence-electron chi connectivity index (χ3n) is 5.40. The van der Waals surface area contributed by atoms with Crippen LogP contribution in [0.4, 0.5) is 0 Å². The highest BCUT2D eigenvalue weighted by Gasteiger charge is 2.38. The molecular formula is C21H26N2O. The average Bonchev–Trinajstić information content (AvgIpc) is 3.02. The van der Waals surface area contributed by atoms with Crippen molar-refractivity contribution in [2.45, 2.75) is 38.8 Å². The lowest BCUT2D eigenvalue weighted by molar-refractivity contribution is -0.133. The minimum atomic E-state index is 0.0452. The van der Waals surface area contributed by atoms with Crippen LogP contribution in [0.1, 0.15) is 48.9 Å². The molecule has 0 spiro atoms. The Bertz CT molecular complexity index is 698. The van der Waals surface area contributed by atoms with Crippen molar-refractivity contribution in [1.82, 2.24) is 4.90 Å². The van der Waals surface area contributed by atoms with Crippen molar-refractivity contribution in [3.05, 3.63) is 71.3 Å². The predicted octanol–water partition coefficient (Wildman–Crippen LogP) is 3.86. The molecule has 3 nitrogen and oxygen atoms in total. The molecular weight excluding hydrogens is 296 g/mol. The van der Waals surface area contributed by atoms with Crippen molar-refractivity contribution in [2.24, 2.45) is 11.7 Å². The van der Waals surface area contributed by atoms with E-state index in [1.807, 2.05) is 35.2 Å². The van der Waals surface area contributed by atoms with Gasteiger partial charge in [-0.1, -0.05) is 61.5 Å². The molecule has 2 aromatic carbocycles. The van der Waals surface area contributed by atoms with Crippen LogP contribution in [0.15, 0.2) is 54.6 Å². The van der Waals surface area contributed by atoms with Crippen LogP contribution >= 0.6 is 0 Å². The van der Waals surface area contributed by atoms with Crippen molar-refractivity contribution in [3.8, 4) is 0 Å². The van der Waals surface area contributed by atoms with Crippen LogP contribution in [0.5, 0.6) is 0 Å². The first-order valence-corrected chi connectivity index (χ1v) is 8.76. The van der Waals surface area contributed by atoms with Crippen LogP contribution in [0.2, 0.25) is 0 Å². The summed E-state index contributed by atoms with van der Waals surface area (Å²) < 4.78 is 0. The lowest BCUT2D eigenvalue weighted by Gasteiger charge is -2.27. The Morgan fingerprint density at radius 3 is 2.46 bits per heavy atom. The molecule has 1 fully saturated rings. The maximum Gasteiger partial charge on any atom is 0.226 e. The van der Waals surface area contributed by atoms with Gasteiger partial charge in [0.05, 0.1) is 6.04 Å². The first-order valence-electron chi connectivity index (χ1n) is 8.76. The van der Waals surface area contributed by atoms with Crippen molar-refractivity contribution < 1.29 is 4.79 Å². The Morgan fingerprint density at radius 2 is 1.75 bits per heavy atom. The van der Waals surface area contributed by atoms with Crippen molar-refractivity contribution in [3.63, 3.8) is 0 Å². The van der Waals surface area contributed by atoms with Crippen LogP contribution in [0.3, 0.4) is 0 Å². The van der Waals surface area contributed by atoms with E-state index in [1.165, 1.54) is 11.1 Å². The van der Waals surface area contributed by atoms with E-state index in [9.17, 15) is 4.79 Å². The molecule has 0 radical (unpaired) electrons. The molecule has 3 heteroatoms. The summed E-state index contributed by atoms with van der Waals surface area (Å²) in [6.45, 7) is 5.63. The molecule has 3 unspecified atom stereocenters. The largest absolute Gasteiger partial charge is 0.336 e. The van der Waals surface area contributed by atoms with Gasteiger partial charge in [-0.2, -0.15) is 0 Å². The molecule has 2 N–H and O–H groups in total. The standard InChI is InChI=1S/C21H26N2O/c1-15(19-11-7-6-10-18(19)14-22)20-12-13-23(21(20)24)16(2)17-8-4-3-5-9-17/h3-11,15-16,20H,12-14,22H2,1-2H3. The maximum atomic E-state index is 13.0. The van der Waals surface area contributed by atoms with E-state index < -0.39 is 0 Å². The fourth-order valence-electron chi connectivity index (χ4n) is 3.87. The normalized spacial score (nSPS) is 20.2. The summed E-state index contributed by atoms with van der Waals surface area (Å²) in [5, 5.41) is 0. The summed E-state index contributed by atoms with van der Waals surface area (Å²) >= 11 is 0. The number of hydrogen-bond acceptors (Lipinski definition) is 2. The molecule has 24 heavy (non-hydrogen) atoms. The molecule has 3 rings (SSSR count). The smallest absolute Gasteiger partial charge is 0.226 e. The zero-order valence-electron chi connectivity index (χ0n) is 14.5. The molecule has 1 heterocycles. The Labute approximate surface area is 144 Å². The Hall–Kier alpha value is -2.13. The van der Waals surface area contributed by atoms with Crippen LogP contribution in [0.25, 0.3) is 0 Å². The van der Waals surface area contributed by atoms with E-state index in [0.29, 0.717) is 6.54 Å². The summed E-state index contributed by atoms with van der Waals surface area (Å²) in [6.07, 6.45) is 0.913. The molecule has 0 aliphatic carbocycles. The van der Waals surface area contributed by atoms with Crippen LogP contribution in [0, 0.1) is 5.92 Å². The molecule has 0 aromatic heterocycles. The van der Waals surface area contributed by atoms with Gasteiger partial charge in [0.25, 0.3) is 0 Å². The fraction of sp³-hybridized carbons (Fsp3) is 0.381. The summed E-state index contributed by atoms with van der Waals surface area (Å²) in [7, 11) is 0. The summed E-state index contributed by atoms with van der Waals surface area (Å²) in [4.78, 5) is 15.1. The van der Waals surface area contributed by atoms with Gasteiger partial charge in [-0.3, -0.25) is 4.79 Å². The number of nitrogens with zero attached hydrogens (tertiary/aromatic N) is 1. The molecule has 1 aliphatic heterocycles. The lowest BCUT2D eigenvalue weighted by Crippen LogP contribution is -2.31. The van der Waals surface area contributed by atoms with Gasteiger partial charge in [0.2, 0.25) is 5.91 Å². The highest BCUT2D eigenvalue weighted by Crippen LogP contribution is 2.37. The van der Waals surface area contributed by atoms with Crippen molar-refractivity contribution in [2.75, 3.05) is 6.54 Å². The van der Waals surface area contributed by atoms with Crippen molar-refractivity contribution >= 4 is 5.91 Å². The quantitative estimate of drug-likeness (QED) is 0.908. The molecule has 1 amide bonds. The molecule has 126 valence electrons. The Kier molecular flexibility index (Phi) is 5.00. The van der Waals surface area contributed by atoms with E-state index in [-0.39, 0.29) is 23.8 Å². The van der Waals surface area contributed by atoms with E-state index in [4.69, 9.17) is 5.73 Å².